The second kappa shape index (κ2) is 6.36. The number of halogens is 1. The Morgan fingerprint density at radius 2 is 2.14 bits per heavy atom. The number of hydrogen-bond donors (Lipinski definition) is 2. The Labute approximate surface area is 130 Å². The number of aryl methyl sites for hydroxylation is 1. The van der Waals surface area contributed by atoms with Crippen LogP contribution in [0.15, 0.2) is 18.2 Å². The lowest BCUT2D eigenvalue weighted by molar-refractivity contribution is 0.102. The highest BCUT2D eigenvalue weighted by molar-refractivity contribution is 7.92. The smallest absolute Gasteiger partial charge is 0.269 e. The highest BCUT2D eigenvalue weighted by atomic mass is 32.2. The van der Waals surface area contributed by atoms with Crippen molar-refractivity contribution in [3.8, 4) is 0 Å². The molecule has 0 unspecified atom stereocenters. The van der Waals surface area contributed by atoms with Gasteiger partial charge in [0.1, 0.15) is 10.7 Å². The summed E-state index contributed by atoms with van der Waals surface area (Å²) < 4.78 is 41.7. The molecule has 0 radical (unpaired) electrons. The van der Waals surface area contributed by atoms with Crippen LogP contribution in [0, 0.1) is 5.82 Å². The van der Waals surface area contributed by atoms with Crippen molar-refractivity contribution >= 4 is 38.8 Å². The number of nitrogens with zero attached hydrogens (tertiary/aromatic N) is 2. The first kappa shape index (κ1) is 16.3. The minimum Gasteiger partial charge on any atom is -0.321 e. The van der Waals surface area contributed by atoms with Crippen LogP contribution >= 0.6 is 11.5 Å². The van der Waals surface area contributed by atoms with Crippen LogP contribution in [0.3, 0.4) is 0 Å². The highest BCUT2D eigenvalue weighted by Gasteiger charge is 2.16. The molecular weight excluding hydrogens is 331 g/mol. The van der Waals surface area contributed by atoms with E-state index >= 15 is 0 Å². The van der Waals surface area contributed by atoms with Gasteiger partial charge in [-0.2, -0.15) is 0 Å². The topological polar surface area (TPSA) is 101 Å². The van der Waals surface area contributed by atoms with E-state index in [9.17, 15) is 17.6 Å². The normalized spacial score (nSPS) is 11.2. The van der Waals surface area contributed by atoms with Gasteiger partial charge >= 0.3 is 0 Å². The predicted octanol–water partition coefficient (Wildman–Crippen LogP) is 1.86. The number of carbonyl (C=O) groups excluding carboxylic acids is 1. The van der Waals surface area contributed by atoms with Crippen LogP contribution in [-0.4, -0.2) is 30.2 Å². The van der Waals surface area contributed by atoms with Gasteiger partial charge < -0.3 is 5.32 Å². The standard InChI is InChI=1S/C12H13FN4O3S2/c1-3-9-11(21-17-15-9)12(18)14-7-4-5-8(13)10(6-7)16-22(2,19)20/h4-6,16H,3H2,1-2H3,(H,14,18). The Bertz CT molecular complexity index is 804. The van der Waals surface area contributed by atoms with E-state index in [1.807, 2.05) is 11.6 Å². The van der Waals surface area contributed by atoms with E-state index in [1.54, 1.807) is 0 Å². The van der Waals surface area contributed by atoms with Crippen LogP contribution in [0.4, 0.5) is 15.8 Å². The fourth-order valence-corrected chi connectivity index (χ4v) is 2.88. The molecule has 0 spiro atoms. The zero-order valence-electron chi connectivity index (χ0n) is 11.8. The average molecular weight is 344 g/mol. The van der Waals surface area contributed by atoms with E-state index in [1.165, 1.54) is 12.1 Å². The van der Waals surface area contributed by atoms with Gasteiger partial charge in [-0.1, -0.05) is 11.4 Å². The molecule has 1 heterocycles. The SMILES string of the molecule is CCc1nnsc1C(=O)Nc1ccc(F)c(NS(C)(=O)=O)c1. The number of aromatic nitrogens is 2. The number of nitrogens with one attached hydrogen (secondary N) is 2. The zero-order chi connectivity index (χ0) is 16.3. The summed E-state index contributed by atoms with van der Waals surface area (Å²) in [5, 5.41) is 6.40. The second-order valence-electron chi connectivity index (χ2n) is 4.43. The van der Waals surface area contributed by atoms with Crippen LogP contribution in [0.2, 0.25) is 0 Å². The molecule has 7 nitrogen and oxygen atoms in total. The van der Waals surface area contributed by atoms with Crippen molar-refractivity contribution < 1.29 is 17.6 Å². The molecule has 0 saturated heterocycles. The number of anilines is 2. The Morgan fingerprint density at radius 1 is 1.41 bits per heavy atom. The molecule has 0 fully saturated rings. The molecule has 10 heteroatoms. The van der Waals surface area contributed by atoms with Gasteiger partial charge in [0.25, 0.3) is 5.91 Å². The first-order valence-electron chi connectivity index (χ1n) is 6.20. The molecule has 0 bridgehead atoms. The summed E-state index contributed by atoms with van der Waals surface area (Å²) in [7, 11) is -3.62. The molecule has 0 aliphatic rings. The van der Waals surface area contributed by atoms with E-state index in [4.69, 9.17) is 0 Å². The second-order valence-corrected chi connectivity index (χ2v) is 6.93. The van der Waals surface area contributed by atoms with Crippen LogP contribution in [0.5, 0.6) is 0 Å². The molecule has 22 heavy (non-hydrogen) atoms. The molecule has 118 valence electrons. The first-order valence-corrected chi connectivity index (χ1v) is 8.86. The molecule has 1 aromatic heterocycles. The molecule has 0 aliphatic heterocycles. The van der Waals surface area contributed by atoms with Crippen molar-refractivity contribution in [2.75, 3.05) is 16.3 Å². The Morgan fingerprint density at radius 3 is 2.77 bits per heavy atom. The summed E-state index contributed by atoms with van der Waals surface area (Å²) in [4.78, 5) is 12.5. The Balaban J connectivity index is 2.23. The lowest BCUT2D eigenvalue weighted by atomic mass is 10.2. The number of carbonyl (C=O) groups is 1. The van der Waals surface area contributed by atoms with E-state index in [2.05, 4.69) is 14.9 Å². The lowest BCUT2D eigenvalue weighted by Gasteiger charge is -2.09. The van der Waals surface area contributed by atoms with Crippen LogP contribution < -0.4 is 10.0 Å². The quantitative estimate of drug-likeness (QED) is 0.862. The molecule has 0 saturated carbocycles. The zero-order valence-corrected chi connectivity index (χ0v) is 13.4. The van der Waals surface area contributed by atoms with E-state index in [-0.39, 0.29) is 11.4 Å². The first-order chi connectivity index (χ1) is 10.3. The lowest BCUT2D eigenvalue weighted by Crippen LogP contribution is -2.14. The van der Waals surface area contributed by atoms with Crippen LogP contribution in [0.1, 0.15) is 22.3 Å². The number of hydrogen-bond acceptors (Lipinski definition) is 6. The number of amides is 1. The largest absolute Gasteiger partial charge is 0.321 e. The van der Waals surface area contributed by atoms with E-state index in [0.29, 0.717) is 17.0 Å². The fraction of sp³-hybridized carbons (Fsp3) is 0.250. The molecule has 0 aliphatic carbocycles. The third-order valence-corrected chi connectivity index (χ3v) is 3.97. The number of rotatable bonds is 5. The van der Waals surface area contributed by atoms with Crippen molar-refractivity contribution in [1.29, 1.82) is 0 Å². The van der Waals surface area contributed by atoms with Gasteiger partial charge in [0.2, 0.25) is 10.0 Å². The molecule has 2 rings (SSSR count). The number of benzene rings is 1. The summed E-state index contributed by atoms with van der Waals surface area (Å²) in [5.74, 6) is -1.17. The van der Waals surface area contributed by atoms with E-state index < -0.39 is 21.7 Å². The fourth-order valence-electron chi connectivity index (χ4n) is 1.68. The van der Waals surface area contributed by atoms with Crippen molar-refractivity contribution in [2.45, 2.75) is 13.3 Å². The van der Waals surface area contributed by atoms with E-state index in [0.717, 1.165) is 23.9 Å². The Kier molecular flexibility index (Phi) is 4.71. The third kappa shape index (κ3) is 3.98. The van der Waals surface area contributed by atoms with Gasteiger partial charge in [0, 0.05) is 5.69 Å². The van der Waals surface area contributed by atoms with Crippen LogP contribution in [0.25, 0.3) is 0 Å². The van der Waals surface area contributed by atoms with Crippen molar-refractivity contribution in [1.82, 2.24) is 9.59 Å². The van der Waals surface area contributed by atoms with Gasteiger partial charge in [-0.05, 0) is 36.2 Å². The Hall–Kier alpha value is -2.07. The predicted molar refractivity (Wildman–Crippen MR) is 82.1 cm³/mol. The molecule has 2 N–H and O–H groups in total. The third-order valence-electron chi connectivity index (χ3n) is 2.62. The monoisotopic (exact) mass is 344 g/mol. The summed E-state index contributed by atoms with van der Waals surface area (Å²) in [6.45, 7) is 1.85. The van der Waals surface area contributed by atoms with Gasteiger partial charge in [0.15, 0.2) is 0 Å². The van der Waals surface area contributed by atoms with Crippen molar-refractivity contribution in [2.24, 2.45) is 0 Å². The van der Waals surface area contributed by atoms with Gasteiger partial charge in [0.05, 0.1) is 17.6 Å². The van der Waals surface area contributed by atoms with Crippen LogP contribution in [-0.2, 0) is 16.4 Å². The van der Waals surface area contributed by atoms with Gasteiger partial charge in [-0.3, -0.25) is 9.52 Å². The maximum Gasteiger partial charge on any atom is 0.269 e. The summed E-state index contributed by atoms with van der Waals surface area (Å²) in [6, 6.07) is 3.60. The van der Waals surface area contributed by atoms with Gasteiger partial charge in [-0.15, -0.1) is 5.10 Å². The molecule has 0 atom stereocenters. The summed E-state index contributed by atoms with van der Waals surface area (Å²) in [6.07, 6.45) is 1.47. The highest BCUT2D eigenvalue weighted by Crippen LogP contribution is 2.22. The molecule has 1 amide bonds. The summed E-state index contributed by atoms with van der Waals surface area (Å²) in [5.41, 5.74) is 0.588. The summed E-state index contributed by atoms with van der Waals surface area (Å²) >= 11 is 0.960. The average Bonchev–Trinajstić information content (AvgIpc) is 2.89. The van der Waals surface area contributed by atoms with Gasteiger partial charge in [-0.25, -0.2) is 12.8 Å². The maximum atomic E-state index is 13.6. The molecular formula is C12H13FN4O3S2. The van der Waals surface area contributed by atoms with Crippen molar-refractivity contribution in [3.05, 3.63) is 34.6 Å². The molecule has 2 aromatic rings. The number of sulfonamides is 1. The minimum absolute atomic E-state index is 0.238. The van der Waals surface area contributed by atoms with Crippen molar-refractivity contribution in [3.63, 3.8) is 0 Å². The molecule has 1 aromatic carbocycles. The maximum absolute atomic E-state index is 13.6. The minimum atomic E-state index is -3.62.